The van der Waals surface area contributed by atoms with E-state index in [0.29, 0.717) is 49.8 Å². The van der Waals surface area contributed by atoms with Crippen molar-refractivity contribution >= 4 is 51.7 Å². The monoisotopic (exact) mass is 860 g/mol. The predicted molar refractivity (Wildman–Crippen MR) is 245 cm³/mol. The molecule has 9 rings (SSSR count). The molecule has 0 spiro atoms. The minimum Gasteiger partial charge on any atom is -0.371 e. The van der Waals surface area contributed by atoms with Crippen molar-refractivity contribution in [2.75, 3.05) is 57.3 Å². The Bertz CT molecular complexity index is 2670. The SMILES string of the molecule is [C-]#[N+]c1ccc2c3c([nH]c2c1)C(C)(C)c1cc(N2CCC(N4CCN(CC(=O)NCCCCC#Cc5cccc6c5CN(C5CCC(=O)NC5=O)C6=O)CC4)CC2)c(CC)cc1C3=O. The zero-order valence-corrected chi connectivity index (χ0v) is 37.1. The zero-order chi connectivity index (χ0) is 44.7. The summed E-state index contributed by atoms with van der Waals surface area (Å²) in [7, 11) is 0. The molecule has 330 valence electrons. The van der Waals surface area contributed by atoms with Gasteiger partial charge in [0.15, 0.2) is 11.5 Å². The second-order valence-corrected chi connectivity index (χ2v) is 18.4. The number of hydrogen-bond donors (Lipinski definition) is 3. The first-order valence-electron chi connectivity index (χ1n) is 22.9. The molecule has 0 bridgehead atoms. The van der Waals surface area contributed by atoms with Crippen LogP contribution in [0.5, 0.6) is 0 Å². The number of anilines is 1. The number of H-pyrrole nitrogens is 1. The Balaban J connectivity index is 0.710. The maximum absolute atomic E-state index is 14.1. The van der Waals surface area contributed by atoms with Gasteiger partial charge >= 0.3 is 0 Å². The number of aromatic nitrogens is 1. The van der Waals surface area contributed by atoms with Crippen LogP contribution in [0.2, 0.25) is 0 Å². The van der Waals surface area contributed by atoms with Gasteiger partial charge in [-0.25, -0.2) is 4.85 Å². The number of benzene rings is 3. The van der Waals surface area contributed by atoms with E-state index >= 15 is 0 Å². The fraction of sp³-hybridized carbons (Fsp3) is 0.451. The largest absolute Gasteiger partial charge is 0.371 e. The minimum absolute atomic E-state index is 0.0505. The van der Waals surface area contributed by atoms with Crippen molar-refractivity contribution in [1.29, 1.82) is 0 Å². The van der Waals surface area contributed by atoms with Gasteiger partial charge in [0.25, 0.3) is 5.91 Å². The molecule has 1 aliphatic carbocycles. The third-order valence-corrected chi connectivity index (χ3v) is 14.2. The Hall–Kier alpha value is -6.28. The summed E-state index contributed by atoms with van der Waals surface area (Å²) >= 11 is 0. The number of imide groups is 1. The van der Waals surface area contributed by atoms with E-state index in [4.69, 9.17) is 6.57 Å². The van der Waals surface area contributed by atoms with Crippen LogP contribution in [0.15, 0.2) is 48.5 Å². The van der Waals surface area contributed by atoms with Crippen LogP contribution in [-0.2, 0) is 32.8 Å². The summed E-state index contributed by atoms with van der Waals surface area (Å²) in [6.07, 6.45) is 5.84. The number of carbonyl (C=O) groups is 5. The van der Waals surface area contributed by atoms with Gasteiger partial charge < -0.3 is 20.1 Å². The molecule has 4 aliphatic heterocycles. The second-order valence-electron chi connectivity index (χ2n) is 18.4. The van der Waals surface area contributed by atoms with Gasteiger partial charge in [-0.05, 0) is 85.5 Å². The highest BCUT2D eigenvalue weighted by molar-refractivity contribution is 6.20. The lowest BCUT2D eigenvalue weighted by molar-refractivity contribution is -0.137. The molecule has 4 aromatic rings. The molecule has 13 nitrogen and oxygen atoms in total. The van der Waals surface area contributed by atoms with Crippen LogP contribution in [0.4, 0.5) is 11.4 Å². The Morgan fingerprint density at radius 1 is 0.953 bits per heavy atom. The van der Waals surface area contributed by atoms with Gasteiger partial charge in [-0.1, -0.05) is 50.8 Å². The van der Waals surface area contributed by atoms with Crippen molar-refractivity contribution in [3.63, 3.8) is 0 Å². The molecular formula is C51H56N8O5. The Morgan fingerprint density at radius 3 is 2.50 bits per heavy atom. The molecule has 3 aromatic carbocycles. The fourth-order valence-electron chi connectivity index (χ4n) is 10.6. The molecular weight excluding hydrogens is 805 g/mol. The second kappa shape index (κ2) is 17.7. The van der Waals surface area contributed by atoms with Gasteiger partial charge in [0.05, 0.1) is 18.7 Å². The number of nitrogens with one attached hydrogen (secondary N) is 3. The highest BCUT2D eigenvalue weighted by Crippen LogP contribution is 2.46. The standard InChI is InChI=1S/C51H56N8O5/c1-5-32-27-38-40(51(2,3)48-46(47(38)62)37-15-14-34(52-4)28-41(37)54-48)29-43(32)58-21-18-35(19-22-58)57-25-23-56(24-26-57)31-45(61)53-20-9-7-6-8-11-33-12-10-13-36-39(33)30-59(50(36)64)42-16-17-44(60)55-49(42)63/h10,12-15,27-29,35,42,54H,5-7,9,16-26,30-31H2,1-3H3,(H,53,61)(H,55,60,63). The first-order valence-corrected chi connectivity index (χ1v) is 22.9. The molecule has 5 aliphatic rings. The van der Waals surface area contributed by atoms with Gasteiger partial charge in [0.1, 0.15) is 6.04 Å². The van der Waals surface area contributed by atoms with Crippen molar-refractivity contribution in [3.05, 3.63) is 105 Å². The van der Waals surface area contributed by atoms with E-state index in [0.717, 1.165) is 116 Å². The highest BCUT2D eigenvalue weighted by atomic mass is 16.2. The first kappa shape index (κ1) is 43.0. The number of aryl methyl sites for hydroxylation is 1. The number of amides is 4. The van der Waals surface area contributed by atoms with Crippen LogP contribution in [0, 0.1) is 18.4 Å². The number of nitrogens with zero attached hydrogens (tertiary/aromatic N) is 5. The predicted octanol–water partition coefficient (Wildman–Crippen LogP) is 5.84. The quantitative estimate of drug-likeness (QED) is 0.0783. The molecule has 1 unspecified atom stereocenters. The Morgan fingerprint density at radius 2 is 1.75 bits per heavy atom. The van der Waals surface area contributed by atoms with Crippen LogP contribution in [-0.4, -0.2) is 114 Å². The van der Waals surface area contributed by atoms with Crippen molar-refractivity contribution in [1.82, 2.24) is 30.3 Å². The van der Waals surface area contributed by atoms with E-state index in [2.05, 4.69) is 79.9 Å². The number of fused-ring (bicyclic) bond motifs is 5. The zero-order valence-electron chi connectivity index (χ0n) is 37.1. The van der Waals surface area contributed by atoms with Crippen LogP contribution in [0.1, 0.15) is 120 Å². The van der Waals surface area contributed by atoms with Crippen LogP contribution >= 0.6 is 0 Å². The van der Waals surface area contributed by atoms with Crippen molar-refractivity contribution in [2.24, 2.45) is 0 Å². The summed E-state index contributed by atoms with van der Waals surface area (Å²) in [6.45, 7) is 20.9. The molecule has 3 N–H and O–H groups in total. The summed E-state index contributed by atoms with van der Waals surface area (Å²) in [4.78, 5) is 80.2. The lowest BCUT2D eigenvalue weighted by Gasteiger charge is -2.44. The van der Waals surface area contributed by atoms with Crippen LogP contribution in [0.3, 0.4) is 0 Å². The number of aromatic amines is 1. The molecule has 3 fully saturated rings. The number of ketones is 1. The molecule has 4 amide bonds. The van der Waals surface area contributed by atoms with Crippen molar-refractivity contribution in [2.45, 2.75) is 96.2 Å². The maximum atomic E-state index is 14.1. The molecule has 64 heavy (non-hydrogen) atoms. The Labute approximate surface area is 374 Å². The van der Waals surface area contributed by atoms with Crippen molar-refractivity contribution in [3.8, 4) is 11.8 Å². The lowest BCUT2D eigenvalue weighted by Crippen LogP contribution is -2.54. The number of rotatable bonds is 10. The third-order valence-electron chi connectivity index (χ3n) is 14.2. The normalized spacial score (nSPS) is 20.0. The summed E-state index contributed by atoms with van der Waals surface area (Å²) in [5, 5.41) is 6.32. The molecule has 1 atom stereocenters. The number of hydrogen-bond acceptors (Lipinski definition) is 8. The van der Waals surface area contributed by atoms with E-state index in [-0.39, 0.29) is 29.9 Å². The summed E-state index contributed by atoms with van der Waals surface area (Å²) in [5.74, 6) is 5.63. The summed E-state index contributed by atoms with van der Waals surface area (Å²) in [5.41, 5.74) is 9.06. The van der Waals surface area contributed by atoms with Gasteiger partial charge in [0, 0.05) is 116 Å². The van der Waals surface area contributed by atoms with Gasteiger partial charge in [0.2, 0.25) is 17.7 Å². The Kier molecular flexibility index (Phi) is 11.9. The lowest BCUT2D eigenvalue weighted by atomic mass is 9.70. The molecule has 13 heteroatoms. The molecule has 1 aromatic heterocycles. The van der Waals surface area contributed by atoms with Crippen molar-refractivity contribution < 1.29 is 24.0 Å². The summed E-state index contributed by atoms with van der Waals surface area (Å²) < 4.78 is 0. The van der Waals surface area contributed by atoms with Gasteiger partial charge in [-0.15, -0.1) is 0 Å². The topological polar surface area (TPSA) is 143 Å². The molecule has 0 saturated carbocycles. The fourth-order valence-corrected chi connectivity index (χ4v) is 10.6. The third kappa shape index (κ3) is 8.08. The maximum Gasteiger partial charge on any atom is 0.255 e. The molecule has 0 radical (unpaired) electrons. The minimum atomic E-state index is -0.652. The van der Waals surface area contributed by atoms with E-state index < -0.39 is 17.4 Å². The van der Waals surface area contributed by atoms with Crippen LogP contribution < -0.4 is 15.5 Å². The van der Waals surface area contributed by atoms with Crippen LogP contribution in [0.25, 0.3) is 15.7 Å². The highest BCUT2D eigenvalue weighted by Gasteiger charge is 2.42. The molecule has 5 heterocycles. The average molecular weight is 861 g/mol. The number of piperazine rings is 1. The number of piperidine rings is 2. The van der Waals surface area contributed by atoms with E-state index in [1.807, 2.05) is 24.3 Å². The first-order chi connectivity index (χ1) is 30.9. The smallest absolute Gasteiger partial charge is 0.255 e. The van der Waals surface area contributed by atoms with E-state index in [1.54, 1.807) is 17.0 Å². The van der Waals surface area contributed by atoms with Gasteiger partial charge in [-0.3, -0.25) is 39.1 Å². The summed E-state index contributed by atoms with van der Waals surface area (Å²) in [6, 6.07) is 15.3. The number of carbonyl (C=O) groups excluding carboxylic acids is 5. The van der Waals surface area contributed by atoms with Gasteiger partial charge in [-0.2, -0.15) is 0 Å². The van der Waals surface area contributed by atoms with E-state index in [9.17, 15) is 24.0 Å². The van der Waals surface area contributed by atoms with E-state index in [1.165, 1.54) is 11.3 Å². The number of unbranched alkanes of at least 4 members (excludes halogenated alkanes) is 2. The molecule has 3 saturated heterocycles. The average Bonchev–Trinajstić information content (AvgIpc) is 3.86.